The number of hydrogen-bond donors (Lipinski definition) is 2. The van der Waals surface area contributed by atoms with Gasteiger partial charge in [0, 0.05) is 19.5 Å². The number of benzene rings is 1. The fourth-order valence-electron chi connectivity index (χ4n) is 2.85. The van der Waals surface area contributed by atoms with Crippen LogP contribution in [0.5, 0.6) is 0 Å². The Bertz CT molecular complexity index is 783. The predicted molar refractivity (Wildman–Crippen MR) is 84.8 cm³/mol. The van der Waals surface area contributed by atoms with Gasteiger partial charge in [0.1, 0.15) is 5.82 Å². The molecule has 1 aromatic carbocycles. The summed E-state index contributed by atoms with van der Waals surface area (Å²) in [5.74, 6) is -0.195. The number of nitrogens with zero attached hydrogens (tertiary/aromatic N) is 2. The summed E-state index contributed by atoms with van der Waals surface area (Å²) in [7, 11) is 0. The van der Waals surface area contributed by atoms with E-state index in [0.29, 0.717) is 29.8 Å². The molecule has 0 radical (unpaired) electrons. The molecule has 3 rings (SSSR count). The van der Waals surface area contributed by atoms with Crippen molar-refractivity contribution in [3.05, 3.63) is 40.4 Å². The number of nitrogens with one attached hydrogen (secondary N) is 2. The van der Waals surface area contributed by atoms with Crippen molar-refractivity contribution in [2.24, 2.45) is 0 Å². The Morgan fingerprint density at radius 1 is 1.43 bits per heavy atom. The first kappa shape index (κ1) is 15.6. The molecule has 1 fully saturated rings. The lowest BCUT2D eigenvalue weighted by molar-refractivity contribution is -0.143. The highest BCUT2D eigenvalue weighted by Crippen LogP contribution is 2.23. The van der Waals surface area contributed by atoms with Gasteiger partial charge >= 0.3 is 0 Å². The van der Waals surface area contributed by atoms with Crippen LogP contribution in [0.2, 0.25) is 0 Å². The van der Waals surface area contributed by atoms with Gasteiger partial charge in [-0.15, -0.1) is 0 Å². The van der Waals surface area contributed by atoms with Gasteiger partial charge in [0.25, 0.3) is 11.5 Å². The van der Waals surface area contributed by atoms with Gasteiger partial charge in [-0.05, 0) is 25.6 Å². The second-order valence-electron chi connectivity index (χ2n) is 5.74. The van der Waals surface area contributed by atoms with E-state index >= 15 is 0 Å². The van der Waals surface area contributed by atoms with Crippen molar-refractivity contribution in [2.45, 2.75) is 25.6 Å². The van der Waals surface area contributed by atoms with E-state index in [-0.39, 0.29) is 25.1 Å². The zero-order chi connectivity index (χ0) is 16.4. The van der Waals surface area contributed by atoms with Gasteiger partial charge in [-0.1, -0.05) is 12.1 Å². The predicted octanol–water partition coefficient (Wildman–Crippen LogP) is 0.973. The number of amides is 1. The summed E-state index contributed by atoms with van der Waals surface area (Å²) in [6.07, 6.45) is 0.171. The van der Waals surface area contributed by atoms with Crippen LogP contribution in [0.15, 0.2) is 29.1 Å². The number of para-hydroxylation sites is 1. The first-order valence-electron chi connectivity index (χ1n) is 7.70. The maximum atomic E-state index is 14.6. The molecule has 1 aliphatic heterocycles. The fourth-order valence-corrected chi connectivity index (χ4v) is 2.85. The molecule has 0 spiro atoms. The Morgan fingerprint density at radius 3 is 2.91 bits per heavy atom. The summed E-state index contributed by atoms with van der Waals surface area (Å²) in [5, 5.41) is 3.37. The van der Waals surface area contributed by atoms with E-state index in [9.17, 15) is 14.0 Å². The Hall–Kier alpha value is -2.28. The number of carbonyl (C=O) groups excluding carboxylic acids is 1. The van der Waals surface area contributed by atoms with E-state index in [1.807, 2.05) is 0 Å². The third kappa shape index (κ3) is 2.96. The molecule has 0 aliphatic carbocycles. The third-order valence-corrected chi connectivity index (χ3v) is 4.16. The van der Waals surface area contributed by atoms with Gasteiger partial charge in [0.2, 0.25) is 5.67 Å². The minimum absolute atomic E-state index is 0.0317. The van der Waals surface area contributed by atoms with Crippen LogP contribution in [0.3, 0.4) is 0 Å². The van der Waals surface area contributed by atoms with Gasteiger partial charge in [-0.3, -0.25) is 9.59 Å². The largest absolute Gasteiger partial charge is 0.333 e. The molecule has 7 heteroatoms. The summed E-state index contributed by atoms with van der Waals surface area (Å²) in [6.45, 7) is 2.74. The number of aromatic amines is 1. The van der Waals surface area contributed by atoms with Crippen LogP contribution >= 0.6 is 0 Å². The highest BCUT2D eigenvalue weighted by Gasteiger charge is 2.43. The third-order valence-electron chi connectivity index (χ3n) is 4.16. The quantitative estimate of drug-likeness (QED) is 0.881. The van der Waals surface area contributed by atoms with Crippen LogP contribution in [-0.4, -0.2) is 46.1 Å². The standard InChI is InChI=1S/C16H19FN4O2/c1-2-21(15(23)16(17)7-8-18-10-16)9-13-19-12-6-4-3-5-11(12)14(22)20-13/h3-6,18H,2,7-10H2,1H3,(H,19,20,22)/t16-/m0/s1. The van der Waals surface area contributed by atoms with Crippen LogP contribution in [0.25, 0.3) is 10.9 Å². The fraction of sp³-hybridized carbons (Fsp3) is 0.438. The number of halogens is 1. The molecule has 1 aliphatic rings. The van der Waals surface area contributed by atoms with Crippen molar-refractivity contribution in [3.63, 3.8) is 0 Å². The van der Waals surface area contributed by atoms with Crippen LogP contribution in [0.4, 0.5) is 4.39 Å². The highest BCUT2D eigenvalue weighted by molar-refractivity contribution is 5.86. The molecular formula is C16H19FN4O2. The van der Waals surface area contributed by atoms with Crippen LogP contribution in [-0.2, 0) is 11.3 Å². The maximum Gasteiger partial charge on any atom is 0.262 e. The Balaban J connectivity index is 1.87. The average Bonchev–Trinajstić information content (AvgIpc) is 3.00. The number of hydrogen-bond acceptors (Lipinski definition) is 4. The molecular weight excluding hydrogens is 299 g/mol. The van der Waals surface area contributed by atoms with Crippen LogP contribution in [0, 0.1) is 0 Å². The maximum absolute atomic E-state index is 14.6. The van der Waals surface area contributed by atoms with Gasteiger partial charge < -0.3 is 15.2 Å². The lowest BCUT2D eigenvalue weighted by Gasteiger charge is -2.27. The lowest BCUT2D eigenvalue weighted by Crippen LogP contribution is -2.47. The smallest absolute Gasteiger partial charge is 0.262 e. The van der Waals surface area contributed by atoms with Crippen molar-refractivity contribution in [1.82, 2.24) is 20.2 Å². The Labute approximate surface area is 132 Å². The van der Waals surface area contributed by atoms with Gasteiger partial charge in [-0.25, -0.2) is 9.37 Å². The van der Waals surface area contributed by atoms with Gasteiger partial charge in [0.15, 0.2) is 0 Å². The van der Waals surface area contributed by atoms with E-state index in [0.717, 1.165) is 0 Å². The minimum Gasteiger partial charge on any atom is -0.333 e. The molecule has 0 bridgehead atoms. The SMILES string of the molecule is CCN(Cc1nc2ccccc2c(=O)[nH]1)C(=O)[C@]1(F)CCNC1. The molecule has 122 valence electrons. The second-order valence-corrected chi connectivity index (χ2v) is 5.74. The number of alkyl halides is 1. The molecule has 2 heterocycles. The normalized spacial score (nSPS) is 20.8. The van der Waals surface area contributed by atoms with Gasteiger partial charge in [-0.2, -0.15) is 0 Å². The molecule has 6 nitrogen and oxygen atoms in total. The molecule has 1 saturated heterocycles. The number of rotatable bonds is 4. The molecule has 2 N–H and O–H groups in total. The second kappa shape index (κ2) is 6.08. The van der Waals surface area contributed by atoms with Gasteiger partial charge in [0.05, 0.1) is 17.4 Å². The Morgan fingerprint density at radius 2 is 2.22 bits per heavy atom. The summed E-state index contributed by atoms with van der Waals surface area (Å²) < 4.78 is 14.6. The Kier molecular flexibility index (Phi) is 4.12. The molecule has 1 amide bonds. The van der Waals surface area contributed by atoms with E-state index < -0.39 is 11.6 Å². The van der Waals surface area contributed by atoms with Crippen molar-refractivity contribution in [2.75, 3.05) is 19.6 Å². The monoisotopic (exact) mass is 318 g/mol. The van der Waals surface area contributed by atoms with Crippen molar-refractivity contribution in [1.29, 1.82) is 0 Å². The van der Waals surface area contributed by atoms with Crippen molar-refractivity contribution in [3.8, 4) is 0 Å². The first-order chi connectivity index (χ1) is 11.0. The first-order valence-corrected chi connectivity index (χ1v) is 7.70. The summed E-state index contributed by atoms with van der Waals surface area (Å²) in [4.78, 5) is 32.9. The van der Waals surface area contributed by atoms with Crippen molar-refractivity contribution < 1.29 is 9.18 Å². The van der Waals surface area contributed by atoms with E-state index in [1.165, 1.54) is 4.90 Å². The summed E-state index contributed by atoms with van der Waals surface area (Å²) in [6, 6.07) is 6.99. The molecule has 0 unspecified atom stereocenters. The molecule has 1 aromatic heterocycles. The van der Waals surface area contributed by atoms with E-state index in [1.54, 1.807) is 31.2 Å². The summed E-state index contributed by atoms with van der Waals surface area (Å²) >= 11 is 0. The zero-order valence-electron chi connectivity index (χ0n) is 12.9. The number of carbonyl (C=O) groups is 1. The summed E-state index contributed by atoms with van der Waals surface area (Å²) in [5.41, 5.74) is -1.56. The molecule has 2 aromatic rings. The number of aromatic nitrogens is 2. The molecule has 0 saturated carbocycles. The van der Waals surface area contributed by atoms with E-state index in [2.05, 4.69) is 15.3 Å². The van der Waals surface area contributed by atoms with Crippen molar-refractivity contribution >= 4 is 16.8 Å². The minimum atomic E-state index is -1.87. The highest BCUT2D eigenvalue weighted by atomic mass is 19.1. The number of H-pyrrole nitrogens is 1. The molecule has 1 atom stereocenters. The topological polar surface area (TPSA) is 78.1 Å². The zero-order valence-corrected chi connectivity index (χ0v) is 12.9. The lowest BCUT2D eigenvalue weighted by atomic mass is 10.0. The number of fused-ring (bicyclic) bond motifs is 1. The van der Waals surface area contributed by atoms with Crippen LogP contribution in [0.1, 0.15) is 19.2 Å². The van der Waals surface area contributed by atoms with Crippen LogP contribution < -0.4 is 10.9 Å². The van der Waals surface area contributed by atoms with E-state index in [4.69, 9.17) is 0 Å². The molecule has 23 heavy (non-hydrogen) atoms. The average molecular weight is 318 g/mol.